The van der Waals surface area contributed by atoms with Crippen molar-refractivity contribution in [3.05, 3.63) is 18.3 Å². The highest BCUT2D eigenvalue weighted by Crippen LogP contribution is 2.21. The summed E-state index contributed by atoms with van der Waals surface area (Å²) in [6, 6.07) is 3.67. The molecule has 1 unspecified atom stereocenters. The molecule has 0 spiro atoms. The quantitative estimate of drug-likeness (QED) is 0.739. The molecule has 0 fully saturated rings. The molecule has 0 aliphatic carbocycles. The fourth-order valence-corrected chi connectivity index (χ4v) is 1.48. The van der Waals surface area contributed by atoms with Crippen LogP contribution >= 0.6 is 0 Å². The van der Waals surface area contributed by atoms with Gasteiger partial charge in [-0.3, -0.25) is 0 Å². The molecule has 0 saturated heterocycles. The third kappa shape index (κ3) is 4.89. The van der Waals surface area contributed by atoms with Gasteiger partial charge < -0.3 is 19.9 Å². The maximum absolute atomic E-state index is 10.1. The number of aromatic nitrogens is 1. The van der Waals surface area contributed by atoms with E-state index >= 15 is 0 Å². The summed E-state index contributed by atoms with van der Waals surface area (Å²) in [5.41, 5.74) is -0.836. The van der Waals surface area contributed by atoms with E-state index in [1.54, 1.807) is 20.2 Å². The van der Waals surface area contributed by atoms with E-state index in [9.17, 15) is 5.11 Å². The van der Waals surface area contributed by atoms with Crippen LogP contribution in [0.25, 0.3) is 0 Å². The van der Waals surface area contributed by atoms with Crippen LogP contribution in [0.2, 0.25) is 0 Å². The molecule has 0 aliphatic heterocycles. The highest BCUT2D eigenvalue weighted by atomic mass is 16.5. The first-order valence-electron chi connectivity index (χ1n) is 6.12. The van der Waals surface area contributed by atoms with Crippen LogP contribution < -0.4 is 10.1 Å². The van der Waals surface area contributed by atoms with E-state index < -0.39 is 5.60 Å². The van der Waals surface area contributed by atoms with Crippen molar-refractivity contribution in [3.63, 3.8) is 0 Å². The Bertz CT molecular complexity index is 356. The molecule has 0 amide bonds. The third-order valence-electron chi connectivity index (χ3n) is 2.55. The Hall–Kier alpha value is -1.33. The van der Waals surface area contributed by atoms with Gasteiger partial charge >= 0.3 is 0 Å². The molecule has 0 saturated carbocycles. The zero-order chi connectivity index (χ0) is 13.4. The Morgan fingerprint density at radius 3 is 2.94 bits per heavy atom. The highest BCUT2D eigenvalue weighted by Gasteiger charge is 2.20. The molecular formula is C13H22N2O3. The predicted octanol–water partition coefficient (Wildman–Crippen LogP) is 1.68. The molecule has 1 atom stereocenters. The fraction of sp³-hybridized carbons (Fsp3) is 0.615. The van der Waals surface area contributed by atoms with E-state index in [1.165, 1.54) is 0 Å². The molecule has 102 valence electrons. The van der Waals surface area contributed by atoms with Gasteiger partial charge in [-0.1, -0.05) is 0 Å². The van der Waals surface area contributed by atoms with E-state index in [0.717, 1.165) is 0 Å². The lowest BCUT2D eigenvalue weighted by atomic mass is 10.0. The van der Waals surface area contributed by atoms with E-state index in [0.29, 0.717) is 37.7 Å². The lowest BCUT2D eigenvalue weighted by Crippen LogP contribution is -2.35. The maximum atomic E-state index is 10.1. The van der Waals surface area contributed by atoms with Crippen LogP contribution in [0.4, 0.5) is 5.82 Å². The average Bonchev–Trinajstić information content (AvgIpc) is 2.36. The minimum Gasteiger partial charge on any atom is -0.490 e. The van der Waals surface area contributed by atoms with E-state index in [1.807, 2.05) is 19.1 Å². The van der Waals surface area contributed by atoms with Crippen LogP contribution in [0.1, 0.15) is 20.3 Å². The summed E-state index contributed by atoms with van der Waals surface area (Å²) in [7, 11) is 1.62. The second-order valence-electron chi connectivity index (χ2n) is 4.38. The first kappa shape index (κ1) is 14.7. The van der Waals surface area contributed by atoms with E-state index in [2.05, 4.69) is 10.3 Å². The lowest BCUT2D eigenvalue weighted by Gasteiger charge is -2.24. The van der Waals surface area contributed by atoms with Gasteiger partial charge in [-0.15, -0.1) is 0 Å². The Balaban J connectivity index is 2.56. The molecule has 1 heterocycles. The van der Waals surface area contributed by atoms with Gasteiger partial charge in [0.05, 0.1) is 12.2 Å². The van der Waals surface area contributed by atoms with Crippen molar-refractivity contribution < 1.29 is 14.6 Å². The van der Waals surface area contributed by atoms with Crippen molar-refractivity contribution in [2.75, 3.05) is 32.2 Å². The Morgan fingerprint density at radius 1 is 1.50 bits per heavy atom. The van der Waals surface area contributed by atoms with Gasteiger partial charge in [0, 0.05) is 32.9 Å². The number of aliphatic hydroxyl groups is 1. The summed E-state index contributed by atoms with van der Waals surface area (Å²) in [6.07, 6.45) is 2.25. The summed E-state index contributed by atoms with van der Waals surface area (Å²) in [5, 5.41) is 13.2. The maximum Gasteiger partial charge on any atom is 0.168 e. The second kappa shape index (κ2) is 7.18. The zero-order valence-corrected chi connectivity index (χ0v) is 11.3. The number of nitrogens with zero attached hydrogens (tertiary/aromatic N) is 1. The lowest BCUT2D eigenvalue weighted by molar-refractivity contribution is 0.0356. The van der Waals surface area contributed by atoms with Gasteiger partial charge in [0.1, 0.15) is 0 Å². The number of rotatable bonds is 8. The number of ether oxygens (including phenoxy) is 2. The van der Waals surface area contributed by atoms with Gasteiger partial charge in [-0.25, -0.2) is 4.98 Å². The fourth-order valence-electron chi connectivity index (χ4n) is 1.48. The van der Waals surface area contributed by atoms with Crippen LogP contribution in [-0.4, -0.2) is 42.6 Å². The van der Waals surface area contributed by atoms with Crippen LogP contribution in [0.3, 0.4) is 0 Å². The molecule has 0 aliphatic rings. The molecule has 2 N–H and O–H groups in total. The molecule has 1 aromatic rings. The van der Waals surface area contributed by atoms with Crippen molar-refractivity contribution in [2.45, 2.75) is 25.9 Å². The predicted molar refractivity (Wildman–Crippen MR) is 71.0 cm³/mol. The third-order valence-corrected chi connectivity index (χ3v) is 2.55. The van der Waals surface area contributed by atoms with Crippen LogP contribution in [0, 0.1) is 0 Å². The molecule has 1 aromatic heterocycles. The number of methoxy groups -OCH3 is 1. The summed E-state index contributed by atoms with van der Waals surface area (Å²) >= 11 is 0. The summed E-state index contributed by atoms with van der Waals surface area (Å²) in [5.74, 6) is 1.35. The van der Waals surface area contributed by atoms with Crippen molar-refractivity contribution >= 4 is 5.82 Å². The minimum atomic E-state index is -0.836. The number of hydrogen-bond acceptors (Lipinski definition) is 5. The standard InChI is InChI=1S/C13H22N2O3/c1-4-18-11-6-5-8-14-12(11)15-10-13(2,16)7-9-17-3/h5-6,8,16H,4,7,9-10H2,1-3H3,(H,14,15). The Morgan fingerprint density at radius 2 is 2.28 bits per heavy atom. The SMILES string of the molecule is CCOc1cccnc1NCC(C)(O)CCOC. The van der Waals surface area contributed by atoms with E-state index in [-0.39, 0.29) is 0 Å². The Labute approximate surface area is 108 Å². The minimum absolute atomic E-state index is 0.396. The molecule has 18 heavy (non-hydrogen) atoms. The smallest absolute Gasteiger partial charge is 0.168 e. The van der Waals surface area contributed by atoms with Crippen LogP contribution in [0.5, 0.6) is 5.75 Å². The molecule has 1 rings (SSSR count). The first-order chi connectivity index (χ1) is 8.59. The van der Waals surface area contributed by atoms with Crippen molar-refractivity contribution in [1.29, 1.82) is 0 Å². The molecule has 0 radical (unpaired) electrons. The molecule has 5 nitrogen and oxygen atoms in total. The van der Waals surface area contributed by atoms with Gasteiger partial charge in [0.25, 0.3) is 0 Å². The second-order valence-corrected chi connectivity index (χ2v) is 4.38. The van der Waals surface area contributed by atoms with E-state index in [4.69, 9.17) is 9.47 Å². The van der Waals surface area contributed by atoms with Crippen LogP contribution in [-0.2, 0) is 4.74 Å². The number of hydrogen-bond donors (Lipinski definition) is 2. The topological polar surface area (TPSA) is 63.6 Å². The van der Waals surface area contributed by atoms with Crippen molar-refractivity contribution in [1.82, 2.24) is 4.98 Å². The molecule has 5 heteroatoms. The molecular weight excluding hydrogens is 232 g/mol. The summed E-state index contributed by atoms with van der Waals surface area (Å²) < 4.78 is 10.4. The summed E-state index contributed by atoms with van der Waals surface area (Å²) in [6.45, 7) is 5.19. The average molecular weight is 254 g/mol. The zero-order valence-electron chi connectivity index (χ0n) is 11.3. The van der Waals surface area contributed by atoms with Gasteiger partial charge in [-0.05, 0) is 26.0 Å². The number of nitrogens with one attached hydrogen (secondary N) is 1. The number of anilines is 1. The van der Waals surface area contributed by atoms with Crippen LogP contribution in [0.15, 0.2) is 18.3 Å². The van der Waals surface area contributed by atoms with Gasteiger partial charge in [0.2, 0.25) is 0 Å². The normalized spacial score (nSPS) is 14.0. The molecule has 0 bridgehead atoms. The van der Waals surface area contributed by atoms with Gasteiger partial charge in [0.15, 0.2) is 11.6 Å². The largest absolute Gasteiger partial charge is 0.490 e. The first-order valence-corrected chi connectivity index (χ1v) is 6.12. The summed E-state index contributed by atoms with van der Waals surface area (Å²) in [4.78, 5) is 4.20. The van der Waals surface area contributed by atoms with Gasteiger partial charge in [-0.2, -0.15) is 0 Å². The van der Waals surface area contributed by atoms with Crippen molar-refractivity contribution in [3.8, 4) is 5.75 Å². The monoisotopic (exact) mass is 254 g/mol. The Kier molecular flexibility index (Phi) is 5.88. The number of pyridine rings is 1. The highest BCUT2D eigenvalue weighted by molar-refractivity contribution is 5.49. The molecule has 0 aromatic carbocycles. The van der Waals surface area contributed by atoms with Crippen molar-refractivity contribution in [2.24, 2.45) is 0 Å².